The molecule has 0 radical (unpaired) electrons. The topological polar surface area (TPSA) is 35.2 Å². The quantitative estimate of drug-likeness (QED) is 0.572. The van der Waals surface area contributed by atoms with E-state index in [9.17, 15) is 0 Å². The molecule has 0 spiro atoms. The second-order valence-electron chi connectivity index (χ2n) is 3.38. The summed E-state index contributed by atoms with van der Waals surface area (Å²) in [7, 11) is 1.70. The first-order valence-corrected chi connectivity index (χ1v) is 6.32. The van der Waals surface area contributed by atoms with E-state index in [0.29, 0.717) is 0 Å². The Balaban J connectivity index is 2.24. The maximum Gasteiger partial charge on any atom is 0.119 e. The molecule has 0 aliphatic heterocycles. The molecule has 0 saturated heterocycles. The molecule has 0 bridgehead atoms. The van der Waals surface area contributed by atoms with E-state index in [0.717, 1.165) is 24.5 Å². The molecule has 1 aromatic carbocycles. The molecule has 0 aliphatic rings. The number of ether oxygens (including phenoxy) is 1. The van der Waals surface area contributed by atoms with Gasteiger partial charge in [0.2, 0.25) is 0 Å². The zero-order valence-electron chi connectivity index (χ0n) is 9.24. The fraction of sp³-hybridized carbons (Fsp3) is 0.500. The molecule has 2 nitrogen and oxygen atoms in total. The predicted octanol–water partition coefficient (Wildman–Crippen LogP) is 2.92. The molecule has 0 fully saturated rings. The third kappa shape index (κ3) is 5.09. The minimum absolute atomic E-state index is 0.809. The Morgan fingerprint density at radius 1 is 1.27 bits per heavy atom. The van der Waals surface area contributed by atoms with Gasteiger partial charge in [0.25, 0.3) is 0 Å². The molecule has 0 aliphatic carbocycles. The van der Waals surface area contributed by atoms with Gasteiger partial charge >= 0.3 is 0 Å². The van der Waals surface area contributed by atoms with Gasteiger partial charge in [-0.1, -0.05) is 12.5 Å². The number of benzene rings is 1. The number of unbranched alkanes of at least 4 members (excludes halogenated alkanes) is 2. The Morgan fingerprint density at radius 2 is 2.13 bits per heavy atom. The van der Waals surface area contributed by atoms with Crippen molar-refractivity contribution in [1.29, 1.82) is 0 Å². The first-order chi connectivity index (χ1) is 7.36. The standard InChI is InChI=1S/C12H19NOS/c1-14-11-6-5-7-12(10-11)15-9-4-2-3-8-13/h5-7,10H,2-4,8-9,13H2,1H3. The van der Waals surface area contributed by atoms with Crippen LogP contribution < -0.4 is 10.5 Å². The summed E-state index contributed by atoms with van der Waals surface area (Å²) in [4.78, 5) is 1.28. The highest BCUT2D eigenvalue weighted by atomic mass is 32.2. The fourth-order valence-corrected chi connectivity index (χ4v) is 2.26. The van der Waals surface area contributed by atoms with Crippen LogP contribution in [-0.4, -0.2) is 19.4 Å². The molecule has 1 rings (SSSR count). The average Bonchev–Trinajstić information content (AvgIpc) is 2.29. The molecule has 0 saturated carbocycles. The van der Waals surface area contributed by atoms with Crippen molar-refractivity contribution >= 4 is 11.8 Å². The van der Waals surface area contributed by atoms with Crippen molar-refractivity contribution in [2.45, 2.75) is 24.2 Å². The Hall–Kier alpha value is -0.670. The molecule has 15 heavy (non-hydrogen) atoms. The monoisotopic (exact) mass is 225 g/mol. The number of hydrogen-bond acceptors (Lipinski definition) is 3. The minimum atomic E-state index is 0.809. The van der Waals surface area contributed by atoms with Crippen LogP contribution in [0.5, 0.6) is 5.75 Å². The number of nitrogens with two attached hydrogens (primary N) is 1. The van der Waals surface area contributed by atoms with Crippen LogP contribution in [0.15, 0.2) is 29.2 Å². The molecule has 0 aromatic heterocycles. The number of thioether (sulfide) groups is 1. The molecule has 0 atom stereocenters. The smallest absolute Gasteiger partial charge is 0.119 e. The van der Waals surface area contributed by atoms with Crippen molar-refractivity contribution in [2.24, 2.45) is 5.73 Å². The Bertz CT molecular complexity index is 278. The van der Waals surface area contributed by atoms with E-state index in [1.54, 1.807) is 7.11 Å². The van der Waals surface area contributed by atoms with Gasteiger partial charge in [-0.05, 0) is 43.3 Å². The molecule has 0 amide bonds. The molecule has 84 valence electrons. The molecule has 0 heterocycles. The van der Waals surface area contributed by atoms with E-state index in [2.05, 4.69) is 12.1 Å². The summed E-state index contributed by atoms with van der Waals surface area (Å²) in [5.74, 6) is 2.09. The predicted molar refractivity (Wildman–Crippen MR) is 66.6 cm³/mol. The van der Waals surface area contributed by atoms with Crippen LogP contribution in [0.1, 0.15) is 19.3 Å². The zero-order chi connectivity index (χ0) is 10.9. The van der Waals surface area contributed by atoms with E-state index in [-0.39, 0.29) is 0 Å². The second-order valence-corrected chi connectivity index (χ2v) is 4.55. The van der Waals surface area contributed by atoms with Crippen LogP contribution in [0.4, 0.5) is 0 Å². The van der Waals surface area contributed by atoms with Crippen molar-refractivity contribution in [3.63, 3.8) is 0 Å². The first kappa shape index (κ1) is 12.4. The van der Waals surface area contributed by atoms with Gasteiger partial charge in [-0.25, -0.2) is 0 Å². The van der Waals surface area contributed by atoms with Crippen molar-refractivity contribution in [2.75, 3.05) is 19.4 Å². The van der Waals surface area contributed by atoms with Crippen molar-refractivity contribution in [1.82, 2.24) is 0 Å². The third-order valence-electron chi connectivity index (χ3n) is 2.16. The average molecular weight is 225 g/mol. The van der Waals surface area contributed by atoms with Gasteiger partial charge in [-0.2, -0.15) is 0 Å². The van der Waals surface area contributed by atoms with Crippen molar-refractivity contribution in [3.8, 4) is 5.75 Å². The minimum Gasteiger partial charge on any atom is -0.497 e. The van der Waals surface area contributed by atoms with Crippen molar-refractivity contribution < 1.29 is 4.74 Å². The molecule has 3 heteroatoms. The fourth-order valence-electron chi connectivity index (χ4n) is 1.30. The zero-order valence-corrected chi connectivity index (χ0v) is 10.1. The lowest BCUT2D eigenvalue weighted by molar-refractivity contribution is 0.413. The van der Waals surface area contributed by atoms with E-state index in [1.807, 2.05) is 23.9 Å². The van der Waals surface area contributed by atoms with Crippen LogP contribution in [0.2, 0.25) is 0 Å². The summed E-state index contributed by atoms with van der Waals surface area (Å²) >= 11 is 1.88. The van der Waals surface area contributed by atoms with Crippen LogP contribution in [-0.2, 0) is 0 Å². The summed E-state index contributed by atoms with van der Waals surface area (Å²) in [6, 6.07) is 8.20. The maximum atomic E-state index is 5.44. The van der Waals surface area contributed by atoms with Crippen LogP contribution in [0.25, 0.3) is 0 Å². The highest BCUT2D eigenvalue weighted by molar-refractivity contribution is 7.99. The molecular weight excluding hydrogens is 206 g/mol. The van der Waals surface area contributed by atoms with Gasteiger partial charge in [0, 0.05) is 4.90 Å². The largest absolute Gasteiger partial charge is 0.497 e. The van der Waals surface area contributed by atoms with E-state index >= 15 is 0 Å². The highest BCUT2D eigenvalue weighted by Crippen LogP contribution is 2.23. The lowest BCUT2D eigenvalue weighted by Gasteiger charge is -2.04. The lowest BCUT2D eigenvalue weighted by atomic mass is 10.2. The maximum absolute atomic E-state index is 5.44. The lowest BCUT2D eigenvalue weighted by Crippen LogP contribution is -1.97. The van der Waals surface area contributed by atoms with Gasteiger partial charge in [-0.15, -0.1) is 11.8 Å². The third-order valence-corrected chi connectivity index (χ3v) is 3.24. The van der Waals surface area contributed by atoms with Gasteiger partial charge in [0.1, 0.15) is 5.75 Å². The molecule has 1 aromatic rings. The Labute approximate surface area is 96.2 Å². The summed E-state index contributed by atoms with van der Waals surface area (Å²) in [5, 5.41) is 0. The summed E-state index contributed by atoms with van der Waals surface area (Å²) in [5.41, 5.74) is 5.44. The molecular formula is C12H19NOS. The Kier molecular flexibility index (Phi) is 6.28. The number of rotatable bonds is 7. The van der Waals surface area contributed by atoms with E-state index < -0.39 is 0 Å². The summed E-state index contributed by atoms with van der Waals surface area (Å²) in [6.07, 6.45) is 3.60. The molecule has 2 N–H and O–H groups in total. The normalized spacial score (nSPS) is 10.3. The van der Waals surface area contributed by atoms with Gasteiger partial charge < -0.3 is 10.5 Å². The van der Waals surface area contributed by atoms with Gasteiger partial charge in [0.05, 0.1) is 7.11 Å². The Morgan fingerprint density at radius 3 is 2.87 bits per heavy atom. The summed E-state index contributed by atoms with van der Waals surface area (Å²) in [6.45, 7) is 0.809. The van der Waals surface area contributed by atoms with E-state index in [4.69, 9.17) is 10.5 Å². The number of methoxy groups -OCH3 is 1. The van der Waals surface area contributed by atoms with Crippen LogP contribution in [0.3, 0.4) is 0 Å². The van der Waals surface area contributed by atoms with E-state index in [1.165, 1.54) is 17.7 Å². The summed E-state index contributed by atoms with van der Waals surface area (Å²) < 4.78 is 5.17. The second kappa shape index (κ2) is 7.60. The number of hydrogen-bond donors (Lipinski definition) is 1. The first-order valence-electron chi connectivity index (χ1n) is 5.33. The van der Waals surface area contributed by atoms with Crippen molar-refractivity contribution in [3.05, 3.63) is 24.3 Å². The van der Waals surface area contributed by atoms with Crippen LogP contribution >= 0.6 is 11.8 Å². The van der Waals surface area contributed by atoms with Crippen LogP contribution in [0, 0.1) is 0 Å². The molecule has 0 unspecified atom stereocenters. The van der Waals surface area contributed by atoms with Gasteiger partial charge in [-0.3, -0.25) is 0 Å². The highest BCUT2D eigenvalue weighted by Gasteiger charge is 1.96. The van der Waals surface area contributed by atoms with Gasteiger partial charge in [0.15, 0.2) is 0 Å². The SMILES string of the molecule is COc1cccc(SCCCCCN)c1.